The van der Waals surface area contributed by atoms with Crippen molar-refractivity contribution >= 4 is 59.0 Å². The number of aromatic nitrogens is 2. The summed E-state index contributed by atoms with van der Waals surface area (Å²) in [5.74, 6) is -0.966. The Labute approximate surface area is 208 Å². The molecule has 33 heavy (non-hydrogen) atoms. The number of benzene rings is 1. The first-order valence-corrected chi connectivity index (χ1v) is 11.1. The standard InChI is InChI=1S/C21H26Cl2N6O3.ClH/c1-11(2)17(24)21(32)29-8-6-12(7-9-29)26-20(31)18-15(10-25-28-18)27-19(30)16-13(22)4-3-5-14(16)23;/h3-5,10-12,17H,6-9,24H2,1-2H3,(H,25,28)(H,26,31)(H,27,30);1H. The van der Waals surface area contributed by atoms with Gasteiger partial charge < -0.3 is 21.3 Å². The highest BCUT2D eigenvalue weighted by Crippen LogP contribution is 2.26. The lowest BCUT2D eigenvalue weighted by molar-refractivity contribution is -0.134. The molecule has 3 amide bonds. The minimum absolute atomic E-state index is 0. The van der Waals surface area contributed by atoms with E-state index in [0.717, 1.165) is 0 Å². The number of aromatic amines is 1. The molecule has 180 valence electrons. The van der Waals surface area contributed by atoms with E-state index in [9.17, 15) is 14.4 Å². The highest BCUT2D eigenvalue weighted by molar-refractivity contribution is 6.40. The van der Waals surface area contributed by atoms with Crippen LogP contribution in [0.5, 0.6) is 0 Å². The van der Waals surface area contributed by atoms with Gasteiger partial charge in [-0.1, -0.05) is 43.1 Å². The van der Waals surface area contributed by atoms with Crippen molar-refractivity contribution in [1.29, 1.82) is 0 Å². The molecule has 0 bridgehead atoms. The molecule has 1 atom stereocenters. The minimum Gasteiger partial charge on any atom is -0.348 e. The smallest absolute Gasteiger partial charge is 0.271 e. The summed E-state index contributed by atoms with van der Waals surface area (Å²) in [4.78, 5) is 39.5. The Balaban J connectivity index is 0.00000385. The van der Waals surface area contributed by atoms with Crippen LogP contribution in [-0.2, 0) is 4.79 Å². The maximum Gasteiger partial charge on any atom is 0.271 e. The first-order valence-electron chi connectivity index (χ1n) is 10.3. The third kappa shape index (κ3) is 6.38. The van der Waals surface area contributed by atoms with Crippen molar-refractivity contribution in [3.8, 4) is 0 Å². The van der Waals surface area contributed by atoms with Crippen molar-refractivity contribution in [3.05, 3.63) is 45.7 Å². The summed E-state index contributed by atoms with van der Waals surface area (Å²) in [5.41, 5.74) is 6.40. The first kappa shape index (κ1) is 26.9. The summed E-state index contributed by atoms with van der Waals surface area (Å²) < 4.78 is 0. The van der Waals surface area contributed by atoms with Gasteiger partial charge in [-0.3, -0.25) is 19.5 Å². The van der Waals surface area contributed by atoms with E-state index in [0.29, 0.717) is 25.9 Å². The van der Waals surface area contributed by atoms with Crippen LogP contribution in [0.4, 0.5) is 5.69 Å². The van der Waals surface area contributed by atoms with Crippen molar-refractivity contribution in [3.63, 3.8) is 0 Å². The molecule has 1 unspecified atom stereocenters. The lowest BCUT2D eigenvalue weighted by atomic mass is 10.0. The second-order valence-corrected chi connectivity index (χ2v) is 8.87. The number of hydrogen-bond acceptors (Lipinski definition) is 5. The van der Waals surface area contributed by atoms with Crippen LogP contribution >= 0.6 is 35.6 Å². The molecule has 0 aliphatic carbocycles. The molecule has 1 aliphatic rings. The Bertz CT molecular complexity index is 985. The molecule has 1 aromatic carbocycles. The van der Waals surface area contributed by atoms with Crippen LogP contribution in [0.15, 0.2) is 24.4 Å². The van der Waals surface area contributed by atoms with Crippen LogP contribution < -0.4 is 16.4 Å². The molecule has 0 radical (unpaired) electrons. The Morgan fingerprint density at radius 2 is 1.76 bits per heavy atom. The van der Waals surface area contributed by atoms with Crippen LogP contribution in [0.2, 0.25) is 10.0 Å². The summed E-state index contributed by atoms with van der Waals surface area (Å²) in [7, 11) is 0. The number of nitrogens with two attached hydrogens (primary N) is 1. The van der Waals surface area contributed by atoms with Gasteiger partial charge in [0.25, 0.3) is 11.8 Å². The molecule has 1 aromatic heterocycles. The topological polar surface area (TPSA) is 133 Å². The van der Waals surface area contributed by atoms with Crippen LogP contribution in [0.3, 0.4) is 0 Å². The largest absolute Gasteiger partial charge is 0.348 e. The normalized spacial score (nSPS) is 15.0. The Hall–Kier alpha value is -2.33. The number of carbonyl (C=O) groups is 3. The van der Waals surface area contributed by atoms with Gasteiger partial charge in [-0.25, -0.2) is 0 Å². The molecule has 1 aliphatic heterocycles. The van der Waals surface area contributed by atoms with Crippen LogP contribution in [0, 0.1) is 5.92 Å². The molecule has 1 saturated heterocycles. The number of nitrogens with one attached hydrogen (secondary N) is 3. The number of carbonyl (C=O) groups excluding carboxylic acids is 3. The number of likely N-dealkylation sites (tertiary alicyclic amines) is 1. The quantitative estimate of drug-likeness (QED) is 0.467. The summed E-state index contributed by atoms with van der Waals surface area (Å²) >= 11 is 12.2. The van der Waals surface area contributed by atoms with Crippen molar-refractivity contribution in [2.45, 2.75) is 38.8 Å². The van der Waals surface area contributed by atoms with Crippen molar-refractivity contribution in [2.75, 3.05) is 18.4 Å². The van der Waals surface area contributed by atoms with E-state index in [1.54, 1.807) is 23.1 Å². The number of anilines is 1. The molecule has 1 fully saturated rings. The second-order valence-electron chi connectivity index (χ2n) is 8.05. The van der Waals surface area contributed by atoms with Gasteiger partial charge in [0.1, 0.15) is 5.69 Å². The van der Waals surface area contributed by atoms with Crippen LogP contribution in [0.1, 0.15) is 47.5 Å². The number of halogens is 3. The van der Waals surface area contributed by atoms with Gasteiger partial charge in [0, 0.05) is 19.1 Å². The van der Waals surface area contributed by atoms with Gasteiger partial charge in [-0.15, -0.1) is 12.4 Å². The Morgan fingerprint density at radius 3 is 2.33 bits per heavy atom. The molecular formula is C21H27Cl3N6O3. The zero-order valence-corrected chi connectivity index (χ0v) is 20.6. The molecule has 2 heterocycles. The lowest BCUT2D eigenvalue weighted by Gasteiger charge is -2.34. The van der Waals surface area contributed by atoms with E-state index in [-0.39, 0.29) is 57.3 Å². The Kier molecular flexibility index (Phi) is 9.54. The number of nitrogens with zero attached hydrogens (tertiary/aromatic N) is 2. The molecule has 0 saturated carbocycles. The van der Waals surface area contributed by atoms with Gasteiger partial charge in [0.05, 0.1) is 33.5 Å². The van der Waals surface area contributed by atoms with Gasteiger partial charge >= 0.3 is 0 Å². The van der Waals surface area contributed by atoms with Gasteiger partial charge in [-0.05, 0) is 30.9 Å². The van der Waals surface area contributed by atoms with Gasteiger partial charge in [0.15, 0.2) is 0 Å². The second kappa shape index (κ2) is 11.7. The predicted octanol–water partition coefficient (Wildman–Crippen LogP) is 3.09. The summed E-state index contributed by atoms with van der Waals surface area (Å²) in [6, 6.07) is 4.09. The molecule has 2 aromatic rings. The number of hydrogen-bond donors (Lipinski definition) is 4. The van der Waals surface area contributed by atoms with Gasteiger partial charge in [-0.2, -0.15) is 5.10 Å². The summed E-state index contributed by atoms with van der Waals surface area (Å²) in [5, 5.41) is 12.4. The van der Waals surface area contributed by atoms with Gasteiger partial charge in [0.2, 0.25) is 5.91 Å². The molecule has 0 spiro atoms. The molecule has 3 rings (SSSR count). The van der Waals surface area contributed by atoms with E-state index in [1.807, 2.05) is 13.8 Å². The highest BCUT2D eigenvalue weighted by Gasteiger charge is 2.29. The fourth-order valence-electron chi connectivity index (χ4n) is 3.45. The highest BCUT2D eigenvalue weighted by atomic mass is 35.5. The van der Waals surface area contributed by atoms with E-state index in [4.69, 9.17) is 28.9 Å². The zero-order chi connectivity index (χ0) is 23.4. The fourth-order valence-corrected chi connectivity index (χ4v) is 4.02. The average Bonchev–Trinajstić information content (AvgIpc) is 3.21. The number of piperidine rings is 1. The number of rotatable bonds is 6. The molecular weight excluding hydrogens is 491 g/mol. The van der Waals surface area contributed by atoms with E-state index < -0.39 is 17.9 Å². The summed E-state index contributed by atoms with van der Waals surface area (Å²) in [6.45, 7) is 4.86. The molecule has 5 N–H and O–H groups in total. The van der Waals surface area contributed by atoms with Crippen molar-refractivity contribution < 1.29 is 14.4 Å². The third-order valence-corrected chi connectivity index (χ3v) is 6.08. The summed E-state index contributed by atoms with van der Waals surface area (Å²) in [6.07, 6.45) is 2.55. The average molecular weight is 518 g/mol. The maximum atomic E-state index is 12.8. The van der Waals surface area contributed by atoms with Crippen molar-refractivity contribution in [1.82, 2.24) is 20.4 Å². The zero-order valence-electron chi connectivity index (χ0n) is 18.2. The fraction of sp³-hybridized carbons (Fsp3) is 0.429. The monoisotopic (exact) mass is 516 g/mol. The van der Waals surface area contributed by atoms with E-state index in [1.165, 1.54) is 6.20 Å². The Morgan fingerprint density at radius 1 is 1.15 bits per heavy atom. The van der Waals surface area contributed by atoms with Crippen molar-refractivity contribution in [2.24, 2.45) is 11.7 Å². The number of H-pyrrole nitrogens is 1. The number of amides is 3. The molecule has 12 heteroatoms. The lowest BCUT2D eigenvalue weighted by Crippen LogP contribution is -2.52. The van der Waals surface area contributed by atoms with E-state index in [2.05, 4.69) is 20.8 Å². The SMILES string of the molecule is CC(C)C(N)C(=O)N1CCC(NC(=O)c2[nH]ncc2NC(=O)c2c(Cl)cccc2Cl)CC1.Cl. The maximum absolute atomic E-state index is 12.8. The van der Waals surface area contributed by atoms with E-state index >= 15 is 0 Å². The molecule has 9 nitrogen and oxygen atoms in total. The predicted molar refractivity (Wildman–Crippen MR) is 130 cm³/mol. The van der Waals surface area contributed by atoms with Crippen LogP contribution in [-0.4, -0.2) is 58.0 Å². The minimum atomic E-state index is -0.552. The first-order chi connectivity index (χ1) is 15.2. The van der Waals surface area contributed by atoms with Crippen LogP contribution in [0.25, 0.3) is 0 Å². The third-order valence-electron chi connectivity index (χ3n) is 5.45.